The van der Waals surface area contributed by atoms with Crippen molar-refractivity contribution in [2.24, 2.45) is 0 Å². The molecule has 0 radical (unpaired) electrons. The lowest BCUT2D eigenvalue weighted by Gasteiger charge is -2.34. The maximum absolute atomic E-state index is 12.4. The van der Waals surface area contributed by atoms with Gasteiger partial charge in [0.15, 0.2) is 0 Å². The molecule has 1 amide bonds. The van der Waals surface area contributed by atoms with E-state index in [0.717, 1.165) is 39.1 Å². The number of amides is 1. The van der Waals surface area contributed by atoms with Crippen LogP contribution < -0.4 is 5.73 Å². The Kier molecular flexibility index (Phi) is 4.66. The molecule has 104 valence electrons. The highest BCUT2D eigenvalue weighted by Gasteiger charge is 2.24. The zero-order valence-electron chi connectivity index (χ0n) is 11.2. The molecule has 1 aliphatic heterocycles. The van der Waals surface area contributed by atoms with Gasteiger partial charge in [-0.1, -0.05) is 24.6 Å². The molecule has 0 bridgehead atoms. The van der Waals surface area contributed by atoms with Gasteiger partial charge in [-0.15, -0.1) is 0 Å². The molecular formula is C14H20ClN3O. The van der Waals surface area contributed by atoms with Crippen LogP contribution >= 0.6 is 11.6 Å². The van der Waals surface area contributed by atoms with Gasteiger partial charge in [0.1, 0.15) is 0 Å². The highest BCUT2D eigenvalue weighted by Crippen LogP contribution is 2.24. The Balaban J connectivity index is 2.05. The first-order valence-corrected chi connectivity index (χ1v) is 7.07. The van der Waals surface area contributed by atoms with E-state index in [4.69, 9.17) is 17.3 Å². The van der Waals surface area contributed by atoms with Gasteiger partial charge in [-0.05, 0) is 25.1 Å². The molecule has 5 heteroatoms. The van der Waals surface area contributed by atoms with Crippen LogP contribution in [0.5, 0.6) is 0 Å². The number of nitrogens with zero attached hydrogens (tertiary/aromatic N) is 2. The maximum Gasteiger partial charge on any atom is 0.257 e. The van der Waals surface area contributed by atoms with Crippen molar-refractivity contribution in [1.29, 1.82) is 0 Å². The Morgan fingerprint density at radius 1 is 1.32 bits per heavy atom. The molecule has 0 unspecified atom stereocenters. The summed E-state index contributed by atoms with van der Waals surface area (Å²) in [6.07, 6.45) is 1.14. The second-order valence-electron chi connectivity index (χ2n) is 4.84. The van der Waals surface area contributed by atoms with Crippen LogP contribution in [0.15, 0.2) is 18.2 Å². The van der Waals surface area contributed by atoms with Gasteiger partial charge in [0.25, 0.3) is 5.91 Å². The van der Waals surface area contributed by atoms with E-state index in [0.29, 0.717) is 16.3 Å². The monoisotopic (exact) mass is 281 g/mol. The number of carbonyl (C=O) groups is 1. The SMILES string of the molecule is CCCN1CCN(C(=O)c2c(N)cccc2Cl)CC1. The summed E-state index contributed by atoms with van der Waals surface area (Å²) in [6, 6.07) is 5.18. The molecule has 0 saturated carbocycles. The molecule has 19 heavy (non-hydrogen) atoms. The number of nitrogen functional groups attached to an aromatic ring is 1. The van der Waals surface area contributed by atoms with E-state index in [-0.39, 0.29) is 5.91 Å². The van der Waals surface area contributed by atoms with E-state index in [1.807, 2.05) is 4.90 Å². The summed E-state index contributed by atoms with van der Waals surface area (Å²) in [7, 11) is 0. The number of hydrogen-bond donors (Lipinski definition) is 1. The van der Waals surface area contributed by atoms with Gasteiger partial charge in [0, 0.05) is 31.9 Å². The van der Waals surface area contributed by atoms with E-state index < -0.39 is 0 Å². The van der Waals surface area contributed by atoms with Crippen molar-refractivity contribution >= 4 is 23.2 Å². The lowest BCUT2D eigenvalue weighted by atomic mass is 10.1. The quantitative estimate of drug-likeness (QED) is 0.863. The summed E-state index contributed by atoms with van der Waals surface area (Å²) < 4.78 is 0. The van der Waals surface area contributed by atoms with Crippen molar-refractivity contribution < 1.29 is 4.79 Å². The molecular weight excluding hydrogens is 262 g/mol. The van der Waals surface area contributed by atoms with Gasteiger partial charge < -0.3 is 10.6 Å². The van der Waals surface area contributed by atoms with Crippen molar-refractivity contribution in [3.8, 4) is 0 Å². The van der Waals surface area contributed by atoms with Gasteiger partial charge in [-0.3, -0.25) is 9.69 Å². The first kappa shape index (κ1) is 14.2. The molecule has 0 aliphatic carbocycles. The molecule has 4 nitrogen and oxygen atoms in total. The van der Waals surface area contributed by atoms with E-state index in [1.54, 1.807) is 18.2 Å². The Morgan fingerprint density at radius 2 is 2.00 bits per heavy atom. The van der Waals surface area contributed by atoms with Crippen molar-refractivity contribution in [1.82, 2.24) is 9.80 Å². The number of hydrogen-bond acceptors (Lipinski definition) is 3. The summed E-state index contributed by atoms with van der Waals surface area (Å²) >= 11 is 6.08. The number of anilines is 1. The summed E-state index contributed by atoms with van der Waals surface area (Å²) in [5.41, 5.74) is 6.75. The van der Waals surface area contributed by atoms with Crippen LogP contribution in [0.25, 0.3) is 0 Å². The fourth-order valence-corrected chi connectivity index (χ4v) is 2.68. The number of nitrogens with two attached hydrogens (primary N) is 1. The third-order valence-corrected chi connectivity index (χ3v) is 3.77. The van der Waals surface area contributed by atoms with Crippen molar-refractivity contribution in [2.75, 3.05) is 38.5 Å². The Bertz CT molecular complexity index is 436. The van der Waals surface area contributed by atoms with Gasteiger partial charge in [0.2, 0.25) is 0 Å². The minimum absolute atomic E-state index is 0.0563. The Labute approximate surface area is 119 Å². The minimum Gasteiger partial charge on any atom is -0.398 e. The number of piperazine rings is 1. The van der Waals surface area contributed by atoms with Crippen LogP contribution in [-0.4, -0.2) is 48.4 Å². The van der Waals surface area contributed by atoms with E-state index in [2.05, 4.69) is 11.8 Å². The normalized spacial score (nSPS) is 16.6. The lowest BCUT2D eigenvalue weighted by Crippen LogP contribution is -2.48. The Morgan fingerprint density at radius 3 is 2.58 bits per heavy atom. The highest BCUT2D eigenvalue weighted by molar-refractivity contribution is 6.34. The number of carbonyl (C=O) groups excluding carboxylic acids is 1. The summed E-state index contributed by atoms with van der Waals surface area (Å²) in [6.45, 7) is 6.58. The molecule has 0 spiro atoms. The third kappa shape index (κ3) is 3.19. The predicted octanol–water partition coefficient (Wildman–Crippen LogP) is 2.09. The zero-order valence-corrected chi connectivity index (χ0v) is 12.0. The van der Waals surface area contributed by atoms with Crippen molar-refractivity contribution in [3.63, 3.8) is 0 Å². The lowest BCUT2D eigenvalue weighted by molar-refractivity contribution is 0.0638. The smallest absolute Gasteiger partial charge is 0.257 e. The van der Waals surface area contributed by atoms with Gasteiger partial charge in [-0.2, -0.15) is 0 Å². The summed E-state index contributed by atoms with van der Waals surface area (Å²) in [4.78, 5) is 16.7. The summed E-state index contributed by atoms with van der Waals surface area (Å²) in [5, 5.41) is 0.431. The largest absolute Gasteiger partial charge is 0.398 e. The molecule has 2 N–H and O–H groups in total. The highest BCUT2D eigenvalue weighted by atomic mass is 35.5. The van der Waals surface area contributed by atoms with Crippen LogP contribution in [0.4, 0.5) is 5.69 Å². The minimum atomic E-state index is -0.0563. The molecule has 0 aromatic heterocycles. The molecule has 2 rings (SSSR count). The van der Waals surface area contributed by atoms with E-state index >= 15 is 0 Å². The first-order chi connectivity index (χ1) is 9.13. The number of rotatable bonds is 3. The average molecular weight is 282 g/mol. The fourth-order valence-electron chi connectivity index (χ4n) is 2.42. The predicted molar refractivity (Wildman–Crippen MR) is 78.5 cm³/mol. The third-order valence-electron chi connectivity index (χ3n) is 3.46. The topological polar surface area (TPSA) is 49.6 Å². The second-order valence-corrected chi connectivity index (χ2v) is 5.25. The van der Waals surface area contributed by atoms with Crippen LogP contribution in [0.1, 0.15) is 23.7 Å². The van der Waals surface area contributed by atoms with Gasteiger partial charge in [-0.25, -0.2) is 0 Å². The van der Waals surface area contributed by atoms with Gasteiger partial charge >= 0.3 is 0 Å². The maximum atomic E-state index is 12.4. The van der Waals surface area contributed by atoms with Crippen LogP contribution in [-0.2, 0) is 0 Å². The number of halogens is 1. The second kappa shape index (κ2) is 6.26. The van der Waals surface area contributed by atoms with Crippen molar-refractivity contribution in [3.05, 3.63) is 28.8 Å². The van der Waals surface area contributed by atoms with E-state index in [9.17, 15) is 4.79 Å². The Hall–Kier alpha value is -1.26. The number of benzene rings is 1. The molecule has 1 heterocycles. The molecule has 0 atom stereocenters. The summed E-state index contributed by atoms with van der Waals surface area (Å²) in [5.74, 6) is -0.0563. The van der Waals surface area contributed by atoms with Gasteiger partial charge in [0.05, 0.1) is 10.6 Å². The molecule has 1 fully saturated rings. The van der Waals surface area contributed by atoms with Crippen LogP contribution in [0, 0.1) is 0 Å². The molecule has 1 saturated heterocycles. The van der Waals surface area contributed by atoms with Crippen molar-refractivity contribution in [2.45, 2.75) is 13.3 Å². The first-order valence-electron chi connectivity index (χ1n) is 6.69. The molecule has 1 aromatic rings. The molecule has 1 aliphatic rings. The molecule has 1 aromatic carbocycles. The van der Waals surface area contributed by atoms with Crippen LogP contribution in [0.3, 0.4) is 0 Å². The fraction of sp³-hybridized carbons (Fsp3) is 0.500. The zero-order chi connectivity index (χ0) is 13.8. The average Bonchev–Trinajstić information content (AvgIpc) is 2.39. The van der Waals surface area contributed by atoms with E-state index in [1.165, 1.54) is 0 Å². The standard InChI is InChI=1S/C14H20ClN3O/c1-2-6-17-7-9-18(10-8-17)14(19)13-11(15)4-3-5-12(13)16/h3-5H,2,6-10,16H2,1H3. The van der Waals surface area contributed by atoms with Crippen LogP contribution in [0.2, 0.25) is 5.02 Å².